The van der Waals surface area contributed by atoms with E-state index in [0.29, 0.717) is 18.3 Å². The summed E-state index contributed by atoms with van der Waals surface area (Å²) in [4.78, 5) is 0. The zero-order chi connectivity index (χ0) is 14.6. The van der Waals surface area contributed by atoms with Gasteiger partial charge in [-0.05, 0) is 44.0 Å². The number of alkyl halides is 3. The highest BCUT2D eigenvalue weighted by molar-refractivity contribution is 5.29. The Morgan fingerprint density at radius 1 is 1.20 bits per heavy atom. The zero-order valence-corrected chi connectivity index (χ0v) is 11.5. The molecule has 0 bridgehead atoms. The van der Waals surface area contributed by atoms with Crippen LogP contribution in [-0.2, 0) is 6.18 Å². The topological polar surface area (TPSA) is 21.3 Å². The van der Waals surface area contributed by atoms with Gasteiger partial charge in [-0.3, -0.25) is 0 Å². The van der Waals surface area contributed by atoms with Crippen LogP contribution in [0.1, 0.15) is 38.2 Å². The molecule has 20 heavy (non-hydrogen) atoms. The minimum Gasteiger partial charge on any atom is -0.489 e. The molecule has 1 saturated carbocycles. The van der Waals surface area contributed by atoms with E-state index in [1.54, 1.807) is 0 Å². The number of hydrogen-bond acceptors (Lipinski definition) is 2. The van der Waals surface area contributed by atoms with Crippen molar-refractivity contribution >= 4 is 0 Å². The van der Waals surface area contributed by atoms with Crippen molar-refractivity contribution in [2.24, 2.45) is 0 Å². The van der Waals surface area contributed by atoms with Gasteiger partial charge in [-0.15, -0.1) is 0 Å². The van der Waals surface area contributed by atoms with Crippen LogP contribution in [0.5, 0.6) is 5.75 Å². The fourth-order valence-electron chi connectivity index (χ4n) is 2.46. The smallest absolute Gasteiger partial charge is 0.416 e. The molecule has 112 valence electrons. The quantitative estimate of drug-likeness (QED) is 0.883. The lowest BCUT2D eigenvalue weighted by Gasteiger charge is -2.18. The number of halogens is 3. The lowest BCUT2D eigenvalue weighted by Crippen LogP contribution is -2.35. The fourth-order valence-corrected chi connectivity index (χ4v) is 2.46. The molecule has 1 aliphatic carbocycles. The van der Waals surface area contributed by atoms with Gasteiger partial charge in [-0.25, -0.2) is 0 Å². The van der Waals surface area contributed by atoms with Crippen LogP contribution in [0.25, 0.3) is 0 Å². The third kappa shape index (κ3) is 4.40. The molecule has 0 spiro atoms. The van der Waals surface area contributed by atoms with Gasteiger partial charge in [0.25, 0.3) is 0 Å². The van der Waals surface area contributed by atoms with Gasteiger partial charge >= 0.3 is 6.18 Å². The van der Waals surface area contributed by atoms with Gasteiger partial charge in [0, 0.05) is 12.6 Å². The summed E-state index contributed by atoms with van der Waals surface area (Å²) in [7, 11) is 0. The molecule has 1 aromatic rings. The molecule has 1 aromatic carbocycles. The number of ether oxygens (including phenoxy) is 1. The van der Waals surface area contributed by atoms with Crippen LogP contribution >= 0.6 is 0 Å². The zero-order valence-electron chi connectivity index (χ0n) is 11.5. The summed E-state index contributed by atoms with van der Waals surface area (Å²) in [5.41, 5.74) is -0.651. The minimum absolute atomic E-state index is 0.0627. The van der Waals surface area contributed by atoms with Crippen molar-refractivity contribution in [3.63, 3.8) is 0 Å². The van der Waals surface area contributed by atoms with Crippen LogP contribution in [0.15, 0.2) is 24.3 Å². The van der Waals surface area contributed by atoms with Crippen LogP contribution in [0.4, 0.5) is 13.2 Å². The highest BCUT2D eigenvalue weighted by atomic mass is 19.4. The van der Waals surface area contributed by atoms with E-state index in [2.05, 4.69) is 5.32 Å². The van der Waals surface area contributed by atoms with E-state index >= 15 is 0 Å². The molecule has 0 aromatic heterocycles. The van der Waals surface area contributed by atoms with Crippen LogP contribution in [0.3, 0.4) is 0 Å². The first-order valence-electron chi connectivity index (χ1n) is 7.02. The second-order valence-electron chi connectivity index (χ2n) is 5.34. The van der Waals surface area contributed by atoms with Crippen molar-refractivity contribution in [1.82, 2.24) is 5.32 Å². The van der Waals surface area contributed by atoms with Crippen molar-refractivity contribution in [1.29, 1.82) is 0 Å². The van der Waals surface area contributed by atoms with Crippen molar-refractivity contribution in [2.45, 2.75) is 50.9 Å². The Balaban J connectivity index is 1.80. The number of hydrogen-bond donors (Lipinski definition) is 1. The standard InChI is InChI=1S/C15H20F3NO/c1-11(10-19-13-4-2-3-5-13)20-14-8-6-12(7-9-14)15(16,17)18/h6-9,11,13,19H,2-5,10H2,1H3. The predicted octanol–water partition coefficient (Wildman–Crippen LogP) is 4.00. The maximum absolute atomic E-state index is 12.4. The summed E-state index contributed by atoms with van der Waals surface area (Å²) in [6, 6.07) is 5.40. The van der Waals surface area contributed by atoms with E-state index in [0.717, 1.165) is 12.1 Å². The van der Waals surface area contributed by atoms with E-state index in [1.165, 1.54) is 37.8 Å². The van der Waals surface area contributed by atoms with Gasteiger partial charge in [-0.1, -0.05) is 12.8 Å². The lowest BCUT2D eigenvalue weighted by atomic mass is 10.2. The van der Waals surface area contributed by atoms with Crippen molar-refractivity contribution in [3.05, 3.63) is 29.8 Å². The van der Waals surface area contributed by atoms with Crippen LogP contribution in [0.2, 0.25) is 0 Å². The van der Waals surface area contributed by atoms with Crippen molar-refractivity contribution in [2.75, 3.05) is 6.54 Å². The second kappa shape index (κ2) is 6.48. The maximum Gasteiger partial charge on any atom is 0.416 e. The number of benzene rings is 1. The Hall–Kier alpha value is -1.23. The van der Waals surface area contributed by atoms with E-state index < -0.39 is 11.7 Å². The maximum atomic E-state index is 12.4. The normalized spacial score (nSPS) is 18.2. The van der Waals surface area contributed by atoms with Crippen molar-refractivity contribution in [3.8, 4) is 5.75 Å². The predicted molar refractivity (Wildman–Crippen MR) is 71.8 cm³/mol. The Labute approximate surface area is 117 Å². The average molecular weight is 287 g/mol. The van der Waals surface area contributed by atoms with Crippen LogP contribution < -0.4 is 10.1 Å². The van der Waals surface area contributed by atoms with E-state index in [9.17, 15) is 13.2 Å². The molecule has 2 rings (SSSR count). The molecule has 0 heterocycles. The Bertz CT molecular complexity index is 410. The molecule has 0 saturated heterocycles. The van der Waals surface area contributed by atoms with Gasteiger partial charge in [0.2, 0.25) is 0 Å². The Morgan fingerprint density at radius 3 is 2.35 bits per heavy atom. The number of nitrogens with one attached hydrogen (secondary N) is 1. The highest BCUT2D eigenvalue weighted by Gasteiger charge is 2.30. The molecule has 1 aliphatic rings. The average Bonchev–Trinajstić information content (AvgIpc) is 2.89. The largest absolute Gasteiger partial charge is 0.489 e. The Kier molecular flexibility index (Phi) is 4.91. The first-order chi connectivity index (χ1) is 9.45. The molecular formula is C15H20F3NO. The molecule has 0 radical (unpaired) electrons. The first-order valence-corrected chi connectivity index (χ1v) is 7.02. The SMILES string of the molecule is CC(CNC1CCCC1)Oc1ccc(C(F)(F)F)cc1. The molecule has 0 aliphatic heterocycles. The van der Waals surface area contributed by atoms with Gasteiger partial charge < -0.3 is 10.1 Å². The summed E-state index contributed by atoms with van der Waals surface area (Å²) in [5.74, 6) is 0.471. The minimum atomic E-state index is -4.30. The molecule has 1 N–H and O–H groups in total. The molecule has 1 atom stereocenters. The van der Waals surface area contributed by atoms with Gasteiger partial charge in [0.05, 0.1) is 5.56 Å². The Morgan fingerprint density at radius 2 is 1.80 bits per heavy atom. The molecule has 0 amide bonds. The van der Waals surface area contributed by atoms with Crippen LogP contribution in [-0.4, -0.2) is 18.7 Å². The van der Waals surface area contributed by atoms with Crippen molar-refractivity contribution < 1.29 is 17.9 Å². The summed E-state index contributed by atoms with van der Waals surface area (Å²) < 4.78 is 42.9. The molecule has 1 fully saturated rings. The third-order valence-electron chi connectivity index (χ3n) is 3.57. The molecule has 2 nitrogen and oxygen atoms in total. The van der Waals surface area contributed by atoms with E-state index in [-0.39, 0.29) is 6.10 Å². The van der Waals surface area contributed by atoms with E-state index in [1.807, 2.05) is 6.92 Å². The summed E-state index contributed by atoms with van der Waals surface area (Å²) >= 11 is 0. The highest BCUT2D eigenvalue weighted by Crippen LogP contribution is 2.30. The van der Waals surface area contributed by atoms with Crippen LogP contribution in [0, 0.1) is 0 Å². The van der Waals surface area contributed by atoms with Gasteiger partial charge in [0.1, 0.15) is 11.9 Å². The summed E-state index contributed by atoms with van der Waals surface area (Å²) in [5, 5.41) is 3.43. The summed E-state index contributed by atoms with van der Waals surface area (Å²) in [6.45, 7) is 2.63. The fraction of sp³-hybridized carbons (Fsp3) is 0.600. The third-order valence-corrected chi connectivity index (χ3v) is 3.57. The number of rotatable bonds is 5. The molecule has 1 unspecified atom stereocenters. The lowest BCUT2D eigenvalue weighted by molar-refractivity contribution is -0.137. The summed E-state index contributed by atoms with van der Waals surface area (Å²) in [6.07, 6.45) is 0.582. The monoisotopic (exact) mass is 287 g/mol. The molecular weight excluding hydrogens is 267 g/mol. The van der Waals surface area contributed by atoms with Gasteiger partial charge in [0.15, 0.2) is 0 Å². The van der Waals surface area contributed by atoms with E-state index in [4.69, 9.17) is 4.74 Å². The first kappa shape index (κ1) is 15.2. The van der Waals surface area contributed by atoms with Gasteiger partial charge in [-0.2, -0.15) is 13.2 Å². The second-order valence-corrected chi connectivity index (χ2v) is 5.34. The molecule has 5 heteroatoms.